The van der Waals surface area contributed by atoms with Gasteiger partial charge in [0.25, 0.3) is 5.56 Å². The van der Waals surface area contributed by atoms with E-state index in [-0.39, 0.29) is 17.5 Å². The molecule has 0 radical (unpaired) electrons. The van der Waals surface area contributed by atoms with Crippen LogP contribution >= 0.6 is 0 Å². The molecule has 1 atom stereocenters. The predicted molar refractivity (Wildman–Crippen MR) is 102 cm³/mol. The fourth-order valence-corrected chi connectivity index (χ4v) is 3.18. The highest BCUT2D eigenvalue weighted by molar-refractivity contribution is 5.78. The quantitative estimate of drug-likeness (QED) is 0.769. The maximum Gasteiger partial charge on any atom is 0.261 e. The number of benzene rings is 1. The number of carbonyl (C=O) groups excluding carboxylic acids is 1. The van der Waals surface area contributed by atoms with Gasteiger partial charge in [-0.1, -0.05) is 32.9 Å². The van der Waals surface area contributed by atoms with Crippen LogP contribution in [0.25, 0.3) is 10.9 Å². The number of para-hydroxylation sites is 1. The molecule has 0 N–H and O–H groups in total. The highest BCUT2D eigenvalue weighted by Crippen LogP contribution is 2.22. The summed E-state index contributed by atoms with van der Waals surface area (Å²) in [5.41, 5.74) is 0.647. The molecule has 0 saturated carbocycles. The molecule has 0 aliphatic heterocycles. The Hall–Kier alpha value is -2.17. The number of carbonyl (C=O) groups is 1. The van der Waals surface area contributed by atoms with Crippen LogP contribution in [0.2, 0.25) is 0 Å². The van der Waals surface area contributed by atoms with Gasteiger partial charge in [-0.15, -0.1) is 0 Å². The first kappa shape index (κ1) is 19.2. The summed E-state index contributed by atoms with van der Waals surface area (Å²) in [5.74, 6) is 1.13. The molecule has 1 aromatic heterocycles. The summed E-state index contributed by atoms with van der Waals surface area (Å²) in [4.78, 5) is 32.1. The minimum Gasteiger partial charge on any atom is -0.333 e. The monoisotopic (exact) mass is 343 g/mol. The fraction of sp³-hybridized carbons (Fsp3) is 0.550. The summed E-state index contributed by atoms with van der Waals surface area (Å²) < 4.78 is 1.69. The molecule has 2 aromatic rings. The van der Waals surface area contributed by atoms with Crippen molar-refractivity contribution in [1.82, 2.24) is 14.5 Å². The highest BCUT2D eigenvalue weighted by Gasteiger charge is 2.25. The van der Waals surface area contributed by atoms with Gasteiger partial charge in [0, 0.05) is 19.5 Å². The van der Waals surface area contributed by atoms with E-state index < -0.39 is 0 Å². The van der Waals surface area contributed by atoms with Gasteiger partial charge in [0.1, 0.15) is 5.82 Å². The minimum atomic E-state index is -0.237. The Morgan fingerprint density at radius 3 is 2.48 bits per heavy atom. The van der Waals surface area contributed by atoms with Crippen molar-refractivity contribution in [2.45, 2.75) is 60.0 Å². The van der Waals surface area contributed by atoms with E-state index in [1.807, 2.05) is 43.9 Å². The van der Waals surface area contributed by atoms with Crippen LogP contribution in [0.5, 0.6) is 0 Å². The molecule has 1 aromatic carbocycles. The number of amides is 1. The highest BCUT2D eigenvalue weighted by atomic mass is 16.2. The van der Waals surface area contributed by atoms with Crippen molar-refractivity contribution in [1.29, 1.82) is 0 Å². The molecule has 0 bridgehead atoms. The molecular formula is C20H29N3O2. The Morgan fingerprint density at radius 1 is 1.20 bits per heavy atom. The largest absolute Gasteiger partial charge is 0.333 e. The van der Waals surface area contributed by atoms with Crippen LogP contribution in [0.15, 0.2) is 29.1 Å². The lowest BCUT2D eigenvalue weighted by molar-refractivity contribution is -0.134. The SMILES string of the molecule is CCCC(=O)N(CC(C)C)C(C)c1nc2ccccc2c(=O)n1CC. The molecule has 0 fully saturated rings. The number of hydrogen-bond acceptors (Lipinski definition) is 3. The zero-order chi connectivity index (χ0) is 18.6. The Kier molecular flexibility index (Phi) is 6.34. The van der Waals surface area contributed by atoms with E-state index in [4.69, 9.17) is 4.98 Å². The smallest absolute Gasteiger partial charge is 0.261 e. The van der Waals surface area contributed by atoms with Gasteiger partial charge in [0.15, 0.2) is 0 Å². The number of aromatic nitrogens is 2. The molecule has 0 saturated heterocycles. The van der Waals surface area contributed by atoms with E-state index in [1.54, 1.807) is 10.6 Å². The summed E-state index contributed by atoms with van der Waals surface area (Å²) in [5, 5.41) is 0.621. The van der Waals surface area contributed by atoms with E-state index in [9.17, 15) is 9.59 Å². The van der Waals surface area contributed by atoms with E-state index in [0.717, 1.165) is 6.42 Å². The zero-order valence-electron chi connectivity index (χ0n) is 16.0. The van der Waals surface area contributed by atoms with Gasteiger partial charge in [-0.3, -0.25) is 14.2 Å². The Bertz CT molecular complexity index is 795. The van der Waals surface area contributed by atoms with Gasteiger partial charge in [-0.2, -0.15) is 0 Å². The van der Waals surface area contributed by atoms with Crippen molar-refractivity contribution in [3.8, 4) is 0 Å². The van der Waals surface area contributed by atoms with E-state index in [2.05, 4.69) is 13.8 Å². The molecule has 136 valence electrons. The number of rotatable bonds is 7. The van der Waals surface area contributed by atoms with Crippen molar-refractivity contribution in [3.63, 3.8) is 0 Å². The van der Waals surface area contributed by atoms with Gasteiger partial charge in [-0.25, -0.2) is 4.98 Å². The van der Waals surface area contributed by atoms with Crippen LogP contribution in [0, 0.1) is 5.92 Å². The van der Waals surface area contributed by atoms with Gasteiger partial charge in [0.05, 0.1) is 16.9 Å². The molecule has 1 heterocycles. The first-order valence-electron chi connectivity index (χ1n) is 9.19. The molecule has 1 unspecified atom stereocenters. The third-order valence-corrected chi connectivity index (χ3v) is 4.39. The second kappa shape index (κ2) is 8.28. The maximum absolute atomic E-state index is 12.8. The summed E-state index contributed by atoms with van der Waals surface area (Å²) in [7, 11) is 0. The molecular weight excluding hydrogens is 314 g/mol. The zero-order valence-corrected chi connectivity index (χ0v) is 16.0. The molecule has 0 aliphatic rings. The molecule has 0 aliphatic carbocycles. The summed E-state index contributed by atoms with van der Waals surface area (Å²) in [6, 6.07) is 7.16. The van der Waals surface area contributed by atoms with Crippen LogP contribution < -0.4 is 5.56 Å². The van der Waals surface area contributed by atoms with Crippen LogP contribution in [0.3, 0.4) is 0 Å². The molecule has 5 nitrogen and oxygen atoms in total. The predicted octanol–water partition coefficient (Wildman–Crippen LogP) is 3.76. The first-order chi connectivity index (χ1) is 11.9. The van der Waals surface area contributed by atoms with E-state index in [1.165, 1.54) is 0 Å². The average molecular weight is 343 g/mol. The third-order valence-electron chi connectivity index (χ3n) is 4.39. The van der Waals surface area contributed by atoms with E-state index in [0.29, 0.717) is 42.2 Å². The molecule has 2 rings (SSSR count). The van der Waals surface area contributed by atoms with Crippen LogP contribution in [0.1, 0.15) is 59.3 Å². The van der Waals surface area contributed by atoms with Crippen molar-refractivity contribution in [3.05, 3.63) is 40.4 Å². The normalized spacial score (nSPS) is 12.6. The lowest BCUT2D eigenvalue weighted by Crippen LogP contribution is -2.39. The van der Waals surface area contributed by atoms with Gasteiger partial charge in [0.2, 0.25) is 5.91 Å². The molecule has 5 heteroatoms. The third kappa shape index (κ3) is 4.09. The van der Waals surface area contributed by atoms with Crippen molar-refractivity contribution < 1.29 is 4.79 Å². The Balaban J connectivity index is 2.56. The maximum atomic E-state index is 12.8. The lowest BCUT2D eigenvalue weighted by Gasteiger charge is -2.31. The van der Waals surface area contributed by atoms with Gasteiger partial charge in [-0.05, 0) is 38.3 Å². The van der Waals surface area contributed by atoms with Crippen LogP contribution in [-0.4, -0.2) is 26.9 Å². The van der Waals surface area contributed by atoms with Crippen molar-refractivity contribution in [2.75, 3.05) is 6.54 Å². The molecule has 25 heavy (non-hydrogen) atoms. The number of hydrogen-bond donors (Lipinski definition) is 0. The Morgan fingerprint density at radius 2 is 1.88 bits per heavy atom. The second-order valence-corrected chi connectivity index (χ2v) is 6.90. The van der Waals surface area contributed by atoms with Gasteiger partial charge >= 0.3 is 0 Å². The number of fused-ring (bicyclic) bond motifs is 1. The van der Waals surface area contributed by atoms with Crippen molar-refractivity contribution in [2.24, 2.45) is 5.92 Å². The minimum absolute atomic E-state index is 0.0395. The van der Waals surface area contributed by atoms with E-state index >= 15 is 0 Å². The second-order valence-electron chi connectivity index (χ2n) is 6.90. The molecule has 1 amide bonds. The fourth-order valence-electron chi connectivity index (χ4n) is 3.18. The first-order valence-corrected chi connectivity index (χ1v) is 9.19. The lowest BCUT2D eigenvalue weighted by atomic mass is 10.1. The molecule has 0 spiro atoms. The van der Waals surface area contributed by atoms with Crippen molar-refractivity contribution >= 4 is 16.8 Å². The summed E-state index contributed by atoms with van der Waals surface area (Å²) in [6.45, 7) is 11.3. The van der Waals surface area contributed by atoms with Crippen LogP contribution in [-0.2, 0) is 11.3 Å². The standard InChI is InChI=1S/C20H29N3O2/c1-6-10-18(24)23(13-14(3)4)15(5)19-21-17-12-9-8-11-16(17)20(25)22(19)7-2/h8-9,11-12,14-15H,6-7,10,13H2,1-5H3. The van der Waals surface area contributed by atoms with Crippen LogP contribution in [0.4, 0.5) is 0 Å². The van der Waals surface area contributed by atoms with Gasteiger partial charge < -0.3 is 4.90 Å². The topological polar surface area (TPSA) is 55.2 Å². The summed E-state index contributed by atoms with van der Waals surface area (Å²) >= 11 is 0. The summed E-state index contributed by atoms with van der Waals surface area (Å²) in [6.07, 6.45) is 1.33. The average Bonchev–Trinajstić information content (AvgIpc) is 2.59. The number of nitrogens with zero attached hydrogens (tertiary/aromatic N) is 3. The Labute approximate surface area is 149 Å².